The maximum absolute atomic E-state index is 15.4. The largest absolute Gasteiger partial charge is 0.381 e. The molecule has 718 valence electrons. The quantitative estimate of drug-likeness (QED) is 0.0506. The number of amidine groups is 1. The molecule has 3 unspecified atom stereocenters. The van der Waals surface area contributed by atoms with E-state index in [-0.39, 0.29) is 65.4 Å². The number of benzene rings is 3. The number of hydrogen-bond acceptors (Lipinski definition) is 20. The Morgan fingerprint density at radius 1 is 0.450 bits per heavy atom. The summed E-state index contributed by atoms with van der Waals surface area (Å²) in [6.45, 7) is 5.42. The van der Waals surface area contributed by atoms with Crippen LogP contribution in [0.3, 0.4) is 0 Å². The number of aryl methyl sites for hydroxylation is 3. The van der Waals surface area contributed by atoms with Crippen LogP contribution in [-0.4, -0.2) is 243 Å². The Morgan fingerprint density at radius 3 is 1.12 bits per heavy atom. The van der Waals surface area contributed by atoms with Crippen LogP contribution in [0.5, 0.6) is 0 Å². The van der Waals surface area contributed by atoms with E-state index in [0.717, 1.165) is 199 Å². The number of guanidine groups is 1. The summed E-state index contributed by atoms with van der Waals surface area (Å²) in [5, 5.41) is 8.64. The molecule has 3 aromatic carbocycles. The summed E-state index contributed by atoms with van der Waals surface area (Å²) in [5.41, 5.74) is 18.9. The molecule has 3 aromatic rings. The molecular formula is C96H147BrN12O14S6. The Hall–Kier alpha value is -4.59. The van der Waals surface area contributed by atoms with Crippen molar-refractivity contribution in [3.05, 3.63) is 105 Å². The molecule has 6 spiro atoms. The Morgan fingerprint density at radius 2 is 0.775 bits per heavy atom. The number of fused-ring (bicyclic) bond motifs is 9. The maximum atomic E-state index is 15.4. The molecule has 6 saturated carbocycles. The third-order valence-corrected chi connectivity index (χ3v) is 40.2. The number of sulfonamides is 4. The standard InChI is InChI=1S/C36H54N4O6S3.C29H42N4O4S.C22H28N2O2S.C7H14BrNO2S.CH5N.CH4/c1-46-31-10-16-35(17-11-31)23-30-9-8-27(7-6-26-4-5-26)22-32(30)36(35)33(41)40(24-28-12-18-38(19-13-28)48(2,42)43)34(37-36)47-25-29-14-20-39(21-15-29)49(3,44)45;1-37-24-9-13-28(14-10-24)18-23-8-7-21(6-5-20-3-4-20)17-25(23)29(28)26(34)33(27(30)31-29)19-22-11-15-32(16-12-22)38(2,35)36;1-26-17-8-10-21(11-9-17)13-16-7-6-15(5-4-14-2-3-14)12-18(16)22(21)19(25)23-20(27)24-22;1-12(10,11)9-4-2-7(6-8)3-5-9;1-2;/h8-9,22,26,28-29,31H,4-7,10-21,23-25H2,1-3H3;7-8,17,20,22,24H,3-6,9-16,18-19H2,1-2H3,(H2,30,31);6-7,12,14,17H,2-5,8-11,13H2,1H3,(H2,23,24,25,27);7H,2-6H2,1H3;2H2,1H3;1H4. The van der Waals surface area contributed by atoms with E-state index in [1.54, 1.807) is 50.9 Å². The number of nitrogens with zero attached hydrogens (tertiary/aromatic N) is 8. The van der Waals surface area contributed by atoms with Crippen LogP contribution in [0, 0.1) is 57.7 Å². The maximum Gasteiger partial charge on any atom is 0.262 e. The van der Waals surface area contributed by atoms with Gasteiger partial charge in [0.05, 0.1) is 43.3 Å². The van der Waals surface area contributed by atoms with Crippen molar-refractivity contribution in [2.75, 3.05) is 130 Å². The molecule has 5 saturated heterocycles. The summed E-state index contributed by atoms with van der Waals surface area (Å²) in [7, 11) is -5.71. The van der Waals surface area contributed by atoms with Crippen LogP contribution in [0.1, 0.15) is 244 Å². The predicted octanol–water partition coefficient (Wildman–Crippen LogP) is 12.4. The molecule has 6 N–H and O–H groups in total. The first-order chi connectivity index (χ1) is 61.1. The highest BCUT2D eigenvalue weighted by Crippen LogP contribution is 2.66. The van der Waals surface area contributed by atoms with E-state index in [4.69, 9.17) is 42.1 Å². The lowest BCUT2D eigenvalue weighted by Gasteiger charge is -2.46. The van der Waals surface area contributed by atoms with Crippen LogP contribution in [0.2, 0.25) is 0 Å². The summed E-state index contributed by atoms with van der Waals surface area (Å²) in [4.78, 5) is 57.8. The van der Waals surface area contributed by atoms with E-state index >= 15 is 4.79 Å². The zero-order valence-electron chi connectivity index (χ0n) is 77.0. The van der Waals surface area contributed by atoms with Gasteiger partial charge >= 0.3 is 0 Å². The minimum Gasteiger partial charge on any atom is -0.381 e. The van der Waals surface area contributed by atoms with E-state index in [0.29, 0.717) is 107 Å². The Balaban J connectivity index is 0.000000149. The van der Waals surface area contributed by atoms with Crippen molar-refractivity contribution in [3.63, 3.8) is 0 Å². The van der Waals surface area contributed by atoms with Crippen molar-refractivity contribution < 1.29 is 62.3 Å². The van der Waals surface area contributed by atoms with Crippen molar-refractivity contribution in [2.24, 2.45) is 79.1 Å². The number of alkyl halides is 1. The van der Waals surface area contributed by atoms with Gasteiger partial charge in [0.15, 0.2) is 32.9 Å². The number of ether oxygens (including phenoxy) is 3. The second-order valence-corrected chi connectivity index (χ2v) is 50.7. The Bertz CT molecular complexity index is 5060. The zero-order chi connectivity index (χ0) is 91.2. The molecule has 129 heavy (non-hydrogen) atoms. The number of thiocarbonyl (C=S) groups is 1. The molecule has 7 aliphatic heterocycles. The molecule has 0 aromatic heterocycles. The molecule has 33 heteroatoms. The van der Waals surface area contributed by atoms with Crippen molar-refractivity contribution in [3.8, 4) is 0 Å². The minimum absolute atomic E-state index is 0. The van der Waals surface area contributed by atoms with Gasteiger partial charge in [0.25, 0.3) is 17.7 Å². The fraction of sp³-hybridized carbons (Fsp3) is 0.750. The van der Waals surface area contributed by atoms with E-state index < -0.39 is 56.7 Å². The third-order valence-electron chi connectivity index (χ3n) is 32.7. The second-order valence-electron chi connectivity index (χ2n) is 40.8. The predicted molar refractivity (Wildman–Crippen MR) is 520 cm³/mol. The fourth-order valence-corrected chi connectivity index (χ4v) is 29.9. The highest BCUT2D eigenvalue weighted by Gasteiger charge is 2.70. The zero-order valence-corrected chi connectivity index (χ0v) is 83.5. The number of thioether (sulfide) groups is 1. The molecule has 19 rings (SSSR count). The first-order valence-electron chi connectivity index (χ1n) is 47.8. The number of methoxy groups -OCH3 is 3. The number of carbonyl (C=O) groups excluding carboxylic acids is 3. The van der Waals surface area contributed by atoms with Crippen LogP contribution < -0.4 is 22.1 Å². The smallest absolute Gasteiger partial charge is 0.262 e. The van der Waals surface area contributed by atoms with Gasteiger partial charge in [0, 0.05) is 114 Å². The second kappa shape index (κ2) is 41.0. The molecule has 3 amide bonds. The average Bonchev–Trinajstić information content (AvgIpc) is 1.53. The van der Waals surface area contributed by atoms with Crippen LogP contribution >= 0.6 is 39.9 Å². The summed E-state index contributed by atoms with van der Waals surface area (Å²) in [5.74, 6) is 5.27. The van der Waals surface area contributed by atoms with E-state index in [9.17, 15) is 43.3 Å². The minimum atomic E-state index is -3.25. The summed E-state index contributed by atoms with van der Waals surface area (Å²) < 4.78 is 118. The van der Waals surface area contributed by atoms with Gasteiger partial charge in [-0.15, -0.1) is 0 Å². The van der Waals surface area contributed by atoms with E-state index in [2.05, 4.69) is 86.9 Å². The molecule has 0 radical (unpaired) electrons. The van der Waals surface area contributed by atoms with Crippen molar-refractivity contribution in [2.45, 2.75) is 267 Å². The van der Waals surface area contributed by atoms with Gasteiger partial charge in [0.2, 0.25) is 40.1 Å². The molecule has 26 nitrogen and oxygen atoms in total. The SMILES string of the molecule is C.CN.COC1CCC2(CC1)Cc1ccc(CCC3CC3)cc1C21N=C(N)N(CC2CCN(S(C)(=O)=O)CC2)C1=O.COC1CCC2(CC1)Cc1ccc(CCC3CC3)cc1C21N=C(SCC2CCN(S(C)(=O)=O)CC2)N(CC2CCN(S(C)(=O)=O)CC2)C1=O.COC1CCC2(CC1)Cc1ccc(CCC3CC3)cc1C21NC(=S)NC1=O.CS(=O)(=O)N1CCC(CBr)CC1. The third kappa shape index (κ3) is 21.3. The molecule has 9 aliphatic carbocycles. The molecule has 11 fully saturated rings. The highest BCUT2D eigenvalue weighted by molar-refractivity contribution is 9.09. The lowest BCUT2D eigenvalue weighted by atomic mass is 9.61. The molecule has 3 atom stereocenters. The van der Waals surface area contributed by atoms with Crippen LogP contribution in [-0.2, 0) is 124 Å². The van der Waals surface area contributed by atoms with Crippen molar-refractivity contribution >= 4 is 114 Å². The van der Waals surface area contributed by atoms with E-state index in [1.807, 2.05) is 4.90 Å². The van der Waals surface area contributed by atoms with Gasteiger partial charge in [-0.25, -0.2) is 60.9 Å². The summed E-state index contributed by atoms with van der Waals surface area (Å²) >= 11 is 10.5. The van der Waals surface area contributed by atoms with Gasteiger partial charge in [-0.3, -0.25) is 24.2 Å². The lowest BCUT2D eigenvalue weighted by Crippen LogP contribution is -2.56. The number of nitrogens with one attached hydrogen (secondary N) is 2. The highest BCUT2D eigenvalue weighted by atomic mass is 79.9. The van der Waals surface area contributed by atoms with Gasteiger partial charge < -0.3 is 36.3 Å². The monoisotopic (exact) mass is 1960 g/mol. The van der Waals surface area contributed by atoms with Crippen LogP contribution in [0.25, 0.3) is 0 Å². The van der Waals surface area contributed by atoms with Gasteiger partial charge in [0.1, 0.15) is 0 Å². The number of piperidine rings is 4. The molecule has 0 bridgehead atoms. The van der Waals surface area contributed by atoms with Crippen molar-refractivity contribution in [1.82, 2.24) is 37.7 Å². The van der Waals surface area contributed by atoms with E-state index in [1.165, 1.54) is 133 Å². The lowest BCUT2D eigenvalue weighted by molar-refractivity contribution is -0.139. The van der Waals surface area contributed by atoms with Crippen molar-refractivity contribution in [1.29, 1.82) is 0 Å². The number of amides is 3. The van der Waals surface area contributed by atoms with Gasteiger partial charge in [-0.2, -0.15) is 0 Å². The first kappa shape index (κ1) is 100. The Labute approximate surface area is 788 Å². The van der Waals surface area contributed by atoms with Gasteiger partial charge in [-0.1, -0.05) is 128 Å². The topological polar surface area (TPSA) is 336 Å². The Kier molecular flexibility index (Phi) is 31.9. The average molecular weight is 1970 g/mol. The number of rotatable bonds is 23. The molecule has 16 aliphatic rings. The van der Waals surface area contributed by atoms with Crippen LogP contribution in [0.4, 0.5) is 0 Å². The number of hydrogen-bond donors (Lipinski definition) is 4. The molecule has 7 heterocycles. The normalized spacial score (nSPS) is 30.7. The summed E-state index contributed by atoms with van der Waals surface area (Å²) in [6, 6.07) is 20.5. The number of aliphatic imine (C=N–C) groups is 2. The molecular weight excluding hydrogens is 1820 g/mol. The number of carbonyl (C=O) groups is 3. The number of halogens is 1. The van der Waals surface area contributed by atoms with Crippen LogP contribution in [0.15, 0.2) is 64.6 Å². The first-order valence-corrected chi connectivity index (χ1v) is 57.7. The number of nitrogens with two attached hydrogens (primary N) is 2. The summed E-state index contributed by atoms with van der Waals surface area (Å²) in [6.07, 6.45) is 41.1. The van der Waals surface area contributed by atoms with Gasteiger partial charge in [-0.05, 0) is 297 Å². The fourth-order valence-electron chi connectivity index (χ4n) is 24.2.